The first-order valence-corrected chi connectivity index (χ1v) is 9.49. The standard InChI is InChI=1S/C18H19FN2O3S/c1-3-13-4-7-15(8-5-13)25(23,24)21-11-12(2)20-18(22)16-9-6-14(19)10-17(16)21/h4-10,12H,3,11H2,1-2H3,(H,20,22). The van der Waals surface area contributed by atoms with E-state index in [0.29, 0.717) is 0 Å². The van der Waals surface area contributed by atoms with Crippen LogP contribution in [-0.2, 0) is 16.4 Å². The van der Waals surface area contributed by atoms with Gasteiger partial charge in [-0.15, -0.1) is 0 Å². The number of nitrogens with zero attached hydrogens (tertiary/aromatic N) is 1. The number of halogens is 1. The van der Waals surface area contributed by atoms with Crippen molar-refractivity contribution in [2.45, 2.75) is 31.2 Å². The van der Waals surface area contributed by atoms with E-state index in [-0.39, 0.29) is 22.7 Å². The fraction of sp³-hybridized carbons (Fsp3) is 0.278. The van der Waals surface area contributed by atoms with Crippen molar-refractivity contribution in [3.8, 4) is 0 Å². The number of hydrogen-bond acceptors (Lipinski definition) is 3. The first-order valence-electron chi connectivity index (χ1n) is 8.05. The van der Waals surface area contributed by atoms with Crippen LogP contribution in [0.1, 0.15) is 29.8 Å². The topological polar surface area (TPSA) is 66.5 Å². The van der Waals surface area contributed by atoms with Crippen LogP contribution in [0.25, 0.3) is 0 Å². The van der Waals surface area contributed by atoms with Crippen LogP contribution in [0.15, 0.2) is 47.4 Å². The molecule has 1 atom stereocenters. The number of nitrogens with one attached hydrogen (secondary N) is 1. The highest BCUT2D eigenvalue weighted by Crippen LogP contribution is 2.30. The summed E-state index contributed by atoms with van der Waals surface area (Å²) in [6, 6.07) is 9.72. The summed E-state index contributed by atoms with van der Waals surface area (Å²) in [6.07, 6.45) is 0.799. The third-order valence-corrected chi connectivity index (χ3v) is 6.00. The second-order valence-electron chi connectivity index (χ2n) is 6.07. The first kappa shape index (κ1) is 17.4. The Balaban J connectivity index is 2.14. The average Bonchev–Trinajstić information content (AvgIpc) is 2.71. The summed E-state index contributed by atoms with van der Waals surface area (Å²) in [4.78, 5) is 12.4. The summed E-state index contributed by atoms with van der Waals surface area (Å²) in [5.41, 5.74) is 1.22. The number of carbonyl (C=O) groups is 1. The molecule has 0 aliphatic carbocycles. The number of sulfonamides is 1. The molecule has 0 aromatic heterocycles. The van der Waals surface area contributed by atoms with Gasteiger partial charge in [-0.05, 0) is 49.2 Å². The molecule has 0 bridgehead atoms. The fourth-order valence-electron chi connectivity index (χ4n) is 2.85. The molecular weight excluding hydrogens is 343 g/mol. The normalized spacial score (nSPS) is 17.6. The van der Waals surface area contributed by atoms with Crippen LogP contribution in [-0.4, -0.2) is 26.9 Å². The first-order chi connectivity index (χ1) is 11.8. The van der Waals surface area contributed by atoms with Gasteiger partial charge < -0.3 is 5.32 Å². The minimum atomic E-state index is -3.92. The lowest BCUT2D eigenvalue weighted by molar-refractivity contribution is 0.0945. The predicted octanol–water partition coefficient (Wildman–Crippen LogP) is 2.72. The Morgan fingerprint density at radius 1 is 1.20 bits per heavy atom. The van der Waals surface area contributed by atoms with Crippen molar-refractivity contribution >= 4 is 21.6 Å². The molecule has 0 radical (unpaired) electrons. The van der Waals surface area contributed by atoms with Gasteiger partial charge in [-0.3, -0.25) is 9.10 Å². The van der Waals surface area contributed by atoms with E-state index in [2.05, 4.69) is 5.32 Å². The maximum atomic E-state index is 13.8. The van der Waals surface area contributed by atoms with E-state index in [4.69, 9.17) is 0 Å². The van der Waals surface area contributed by atoms with Gasteiger partial charge in [0.15, 0.2) is 0 Å². The van der Waals surface area contributed by atoms with Crippen LogP contribution in [0.3, 0.4) is 0 Å². The highest BCUT2D eigenvalue weighted by atomic mass is 32.2. The maximum absolute atomic E-state index is 13.8. The summed E-state index contributed by atoms with van der Waals surface area (Å²) < 4.78 is 41.1. The summed E-state index contributed by atoms with van der Waals surface area (Å²) in [5.74, 6) is -1.01. The van der Waals surface area contributed by atoms with Crippen molar-refractivity contribution in [1.82, 2.24) is 5.32 Å². The molecule has 1 aliphatic rings. The largest absolute Gasteiger partial charge is 0.348 e. The zero-order chi connectivity index (χ0) is 18.2. The molecule has 3 rings (SSSR count). The number of amides is 1. The van der Waals surface area contributed by atoms with E-state index < -0.39 is 27.8 Å². The Morgan fingerprint density at radius 3 is 2.52 bits per heavy atom. The third-order valence-electron chi connectivity index (χ3n) is 4.21. The van der Waals surface area contributed by atoms with Crippen molar-refractivity contribution in [2.75, 3.05) is 10.8 Å². The number of fused-ring (bicyclic) bond motifs is 1. The number of anilines is 1. The number of benzene rings is 2. The van der Waals surface area contributed by atoms with Gasteiger partial charge in [-0.1, -0.05) is 19.1 Å². The number of aryl methyl sites for hydroxylation is 1. The monoisotopic (exact) mass is 362 g/mol. The zero-order valence-electron chi connectivity index (χ0n) is 14.0. The molecule has 0 saturated heterocycles. The lowest BCUT2D eigenvalue weighted by Gasteiger charge is -2.25. The molecule has 5 nitrogen and oxygen atoms in total. The molecule has 1 unspecified atom stereocenters. The van der Waals surface area contributed by atoms with E-state index in [9.17, 15) is 17.6 Å². The quantitative estimate of drug-likeness (QED) is 0.913. The summed E-state index contributed by atoms with van der Waals surface area (Å²) >= 11 is 0. The maximum Gasteiger partial charge on any atom is 0.264 e. The van der Waals surface area contributed by atoms with Gasteiger partial charge in [-0.2, -0.15) is 0 Å². The van der Waals surface area contributed by atoms with E-state index >= 15 is 0 Å². The molecule has 2 aromatic rings. The number of carbonyl (C=O) groups excluding carboxylic acids is 1. The highest BCUT2D eigenvalue weighted by Gasteiger charge is 2.33. The van der Waals surface area contributed by atoms with Crippen molar-refractivity contribution in [3.05, 3.63) is 59.4 Å². The summed E-state index contributed by atoms with van der Waals surface area (Å²) in [7, 11) is -3.92. The second-order valence-corrected chi connectivity index (χ2v) is 7.93. The van der Waals surface area contributed by atoms with E-state index in [1.165, 1.54) is 18.2 Å². The lowest BCUT2D eigenvalue weighted by Crippen LogP contribution is -2.41. The average molecular weight is 362 g/mol. The minimum absolute atomic E-state index is 0.0278. The van der Waals surface area contributed by atoms with Crippen LogP contribution >= 0.6 is 0 Å². The number of hydrogen-bond donors (Lipinski definition) is 1. The van der Waals surface area contributed by atoms with E-state index in [1.807, 2.05) is 6.92 Å². The SMILES string of the molecule is CCc1ccc(S(=O)(=O)N2CC(C)NC(=O)c3ccc(F)cc32)cc1. The van der Waals surface area contributed by atoms with Gasteiger partial charge in [0.05, 0.1) is 22.7 Å². The van der Waals surface area contributed by atoms with Gasteiger partial charge in [0, 0.05) is 6.04 Å². The van der Waals surface area contributed by atoms with Crippen LogP contribution in [0.2, 0.25) is 0 Å². The summed E-state index contributed by atoms with van der Waals surface area (Å²) in [5, 5.41) is 2.72. The van der Waals surface area contributed by atoms with Crippen LogP contribution < -0.4 is 9.62 Å². The Hall–Kier alpha value is -2.41. The Bertz CT molecular complexity index is 910. The molecule has 0 saturated carbocycles. The van der Waals surface area contributed by atoms with Crippen molar-refractivity contribution in [3.63, 3.8) is 0 Å². The molecule has 1 amide bonds. The zero-order valence-corrected chi connectivity index (χ0v) is 14.8. The Kier molecular flexibility index (Phi) is 4.51. The molecule has 0 fully saturated rings. The van der Waals surface area contributed by atoms with Gasteiger partial charge >= 0.3 is 0 Å². The summed E-state index contributed by atoms with van der Waals surface area (Å²) in [6.45, 7) is 3.72. The smallest absolute Gasteiger partial charge is 0.264 e. The molecule has 0 spiro atoms. The molecule has 132 valence electrons. The molecule has 1 aliphatic heterocycles. The van der Waals surface area contributed by atoms with Gasteiger partial charge in [0.2, 0.25) is 0 Å². The van der Waals surface area contributed by atoms with Crippen LogP contribution in [0.4, 0.5) is 10.1 Å². The number of rotatable bonds is 3. The van der Waals surface area contributed by atoms with Crippen molar-refractivity contribution in [2.24, 2.45) is 0 Å². The van der Waals surface area contributed by atoms with E-state index in [0.717, 1.165) is 28.4 Å². The molecule has 2 aromatic carbocycles. The van der Waals surface area contributed by atoms with Gasteiger partial charge in [0.1, 0.15) is 5.82 Å². The van der Waals surface area contributed by atoms with E-state index in [1.54, 1.807) is 19.1 Å². The van der Waals surface area contributed by atoms with Crippen LogP contribution in [0, 0.1) is 5.82 Å². The van der Waals surface area contributed by atoms with Gasteiger partial charge in [0.25, 0.3) is 15.9 Å². The second kappa shape index (κ2) is 6.48. The van der Waals surface area contributed by atoms with Crippen molar-refractivity contribution < 1.29 is 17.6 Å². The lowest BCUT2D eigenvalue weighted by atomic mass is 10.1. The van der Waals surface area contributed by atoms with Crippen LogP contribution in [0.5, 0.6) is 0 Å². The Morgan fingerprint density at radius 2 is 1.88 bits per heavy atom. The molecular formula is C18H19FN2O3S. The molecule has 7 heteroatoms. The Labute approximate surface area is 146 Å². The predicted molar refractivity (Wildman–Crippen MR) is 93.7 cm³/mol. The fourth-order valence-corrected chi connectivity index (χ4v) is 4.41. The minimum Gasteiger partial charge on any atom is -0.348 e. The molecule has 1 heterocycles. The third kappa shape index (κ3) is 3.24. The molecule has 1 N–H and O–H groups in total. The van der Waals surface area contributed by atoms with Crippen molar-refractivity contribution in [1.29, 1.82) is 0 Å². The van der Waals surface area contributed by atoms with Gasteiger partial charge in [-0.25, -0.2) is 12.8 Å². The molecule has 25 heavy (non-hydrogen) atoms. The highest BCUT2D eigenvalue weighted by molar-refractivity contribution is 7.92.